The molecule has 0 saturated carbocycles. The van der Waals surface area contributed by atoms with Gasteiger partial charge in [0, 0.05) is 0 Å². The van der Waals surface area contributed by atoms with E-state index >= 15 is 0 Å². The molecule has 0 aliphatic carbocycles. The third kappa shape index (κ3) is 37.1. The Morgan fingerprint density at radius 3 is 1.03 bits per heavy atom. The molecular formula is C67H118N2Ni+. The average molecular weight is 1010 g/mol. The molecule has 0 spiro atoms. The summed E-state index contributed by atoms with van der Waals surface area (Å²) in [5, 5.41) is 0. The molecule has 0 radical (unpaired) electrons. The van der Waals surface area contributed by atoms with E-state index in [9.17, 15) is 0 Å². The predicted molar refractivity (Wildman–Crippen MR) is 312 cm³/mol. The molecule has 0 unspecified atom stereocenters. The van der Waals surface area contributed by atoms with Gasteiger partial charge in [-0.3, -0.25) is 0 Å². The Morgan fingerprint density at radius 1 is 0.343 bits per heavy atom. The minimum absolute atomic E-state index is 1.01. The molecule has 0 aromatic heterocycles. The van der Waals surface area contributed by atoms with E-state index in [1.807, 2.05) is 0 Å². The van der Waals surface area contributed by atoms with E-state index in [1.165, 1.54) is 317 Å². The Labute approximate surface area is 446 Å². The van der Waals surface area contributed by atoms with Crippen molar-refractivity contribution < 1.29 is 19.3 Å². The van der Waals surface area contributed by atoms with Gasteiger partial charge in [0.2, 0.25) is 0 Å². The summed E-state index contributed by atoms with van der Waals surface area (Å²) in [5.41, 5.74) is 7.73. The number of benzene rings is 2. The Hall–Kier alpha value is -1.73. The first kappa shape index (κ1) is 64.4. The zero-order chi connectivity index (χ0) is 50.1. The molecule has 2 rings (SSSR count). The van der Waals surface area contributed by atoms with E-state index < -0.39 is 0 Å². The Bertz CT molecular complexity index is 1490. The maximum atomic E-state index is 6.07. The Morgan fingerprint density at radius 2 is 0.643 bits per heavy atom. The van der Waals surface area contributed by atoms with Crippen LogP contribution in [0.15, 0.2) is 53.5 Å². The van der Waals surface area contributed by atoms with Crippen LogP contribution in [0.4, 0.5) is 11.4 Å². The first-order valence-corrected chi connectivity index (χ1v) is 32.1. The molecule has 2 aromatic rings. The third-order valence-electron chi connectivity index (χ3n) is 15.3. The number of rotatable bonds is 52. The van der Waals surface area contributed by atoms with Gasteiger partial charge in [-0.25, -0.2) is 0 Å². The average Bonchev–Trinajstić information content (AvgIpc) is 3.37. The molecule has 0 heterocycles. The van der Waals surface area contributed by atoms with Crippen LogP contribution in [0.25, 0.3) is 0 Å². The van der Waals surface area contributed by atoms with Crippen LogP contribution < -0.4 is 0 Å². The van der Waals surface area contributed by atoms with Crippen molar-refractivity contribution in [2.75, 3.05) is 0 Å². The number of aliphatic imine (C=N–C) groups is 1. The van der Waals surface area contributed by atoms with Crippen LogP contribution in [0.1, 0.15) is 341 Å². The summed E-state index contributed by atoms with van der Waals surface area (Å²) < 4.78 is 2.18. The van der Waals surface area contributed by atoms with Crippen molar-refractivity contribution in [2.24, 2.45) is 4.99 Å². The molecular weight excluding hydrogens is 891 g/mol. The molecule has 0 N–H and O–H groups in total. The molecule has 0 fully saturated rings. The van der Waals surface area contributed by atoms with Crippen molar-refractivity contribution in [2.45, 2.75) is 342 Å². The minimum atomic E-state index is 1.01. The predicted octanol–water partition coefficient (Wildman–Crippen LogP) is 23.5. The first-order chi connectivity index (χ1) is 34.6. The summed E-state index contributed by atoms with van der Waals surface area (Å²) in [7, 11) is 0. The van der Waals surface area contributed by atoms with Gasteiger partial charge in [-0.15, -0.1) is 0 Å². The molecule has 0 aliphatic heterocycles. The third-order valence-corrected chi connectivity index (χ3v) is 15.8. The number of aryl methyl sites for hydroxylation is 2. The second-order valence-corrected chi connectivity index (χ2v) is 22.5. The number of unbranched alkanes of at least 4 members (excludes halogenated alkanes) is 41. The van der Waals surface area contributed by atoms with Gasteiger partial charge in [0.05, 0.1) is 0 Å². The fourth-order valence-corrected chi connectivity index (χ4v) is 11.0. The van der Waals surface area contributed by atoms with Gasteiger partial charge in [0.25, 0.3) is 0 Å². The zero-order valence-electron chi connectivity index (χ0n) is 47.5. The van der Waals surface area contributed by atoms with Crippen molar-refractivity contribution >= 4 is 22.8 Å². The van der Waals surface area contributed by atoms with Crippen LogP contribution in [0.2, 0.25) is 0 Å². The first-order valence-electron chi connectivity index (χ1n) is 31.7. The molecule has 0 aliphatic rings. The van der Waals surface area contributed by atoms with Crippen molar-refractivity contribution in [1.29, 1.82) is 0 Å². The van der Waals surface area contributed by atoms with Crippen molar-refractivity contribution in [3.63, 3.8) is 0 Å². The molecule has 405 valence electrons. The number of hydrogen-bond acceptors (Lipinski definition) is 1. The van der Waals surface area contributed by atoms with Crippen LogP contribution in [0.3, 0.4) is 0 Å². The summed E-state index contributed by atoms with van der Waals surface area (Å²) in [6, 6.07) is 18.5. The van der Waals surface area contributed by atoms with Gasteiger partial charge in [0.15, 0.2) is 0 Å². The van der Waals surface area contributed by atoms with E-state index in [1.54, 1.807) is 0 Å². The second kappa shape index (κ2) is 49.5. The van der Waals surface area contributed by atoms with Crippen molar-refractivity contribution in [3.8, 4) is 0 Å². The van der Waals surface area contributed by atoms with E-state index in [0.717, 1.165) is 31.4 Å². The topological polar surface area (TPSA) is 15.4 Å². The summed E-state index contributed by atoms with van der Waals surface area (Å²) in [6.45, 7) is 9.26. The summed E-state index contributed by atoms with van der Waals surface area (Å²) in [6.07, 6.45) is 66.6. The Balaban J connectivity index is 2.05. The monoisotopic (exact) mass is 1010 g/mol. The molecule has 2 aromatic carbocycles. The SMILES string of the molecule is CCCCCCCCCCCCCCCCCCCC(=Nc1cccc(CCCCCCCCCCCCCC)c1)C(CCCCCC)=[N+]([Ni])c1cccc(CCCCCCCCCCCCCC)c1. The summed E-state index contributed by atoms with van der Waals surface area (Å²) in [4.78, 5) is 5.60. The van der Waals surface area contributed by atoms with E-state index in [2.05, 4.69) is 79.9 Å². The van der Waals surface area contributed by atoms with Gasteiger partial charge in [-0.05, 0) is 0 Å². The zero-order valence-corrected chi connectivity index (χ0v) is 48.5. The van der Waals surface area contributed by atoms with Crippen LogP contribution in [0, 0.1) is 0 Å². The van der Waals surface area contributed by atoms with Crippen LogP contribution in [0.5, 0.6) is 0 Å². The molecule has 2 nitrogen and oxygen atoms in total. The summed E-state index contributed by atoms with van der Waals surface area (Å²) in [5.74, 6) is 0. The molecule has 3 heteroatoms. The van der Waals surface area contributed by atoms with Crippen molar-refractivity contribution in [1.82, 2.24) is 0 Å². The normalized spacial score (nSPS) is 12.3. The second-order valence-electron chi connectivity index (χ2n) is 22.1. The maximum absolute atomic E-state index is 6.07. The van der Waals surface area contributed by atoms with E-state index in [4.69, 9.17) is 20.7 Å². The Kier molecular flexibility index (Phi) is 45.5. The fraction of sp³-hybridized carbons (Fsp3) is 0.791. The number of hydrogen-bond donors (Lipinski definition) is 0. The van der Waals surface area contributed by atoms with Crippen LogP contribution in [-0.2, 0) is 28.5 Å². The molecule has 0 atom stereocenters. The van der Waals surface area contributed by atoms with Crippen LogP contribution >= 0.6 is 0 Å². The van der Waals surface area contributed by atoms with Crippen molar-refractivity contribution in [3.05, 3.63) is 59.7 Å². The van der Waals surface area contributed by atoms with Gasteiger partial charge in [-0.1, -0.05) is 162 Å². The van der Waals surface area contributed by atoms with Gasteiger partial charge in [0.1, 0.15) is 0 Å². The molecule has 70 heavy (non-hydrogen) atoms. The van der Waals surface area contributed by atoms with E-state index in [-0.39, 0.29) is 0 Å². The molecule has 0 amide bonds. The number of nitrogens with zero attached hydrogens (tertiary/aromatic N) is 2. The van der Waals surface area contributed by atoms with Gasteiger partial charge in [-0.2, -0.15) is 0 Å². The molecule has 0 bridgehead atoms. The fourth-order valence-electron chi connectivity index (χ4n) is 10.6. The quantitative estimate of drug-likeness (QED) is 0.0357. The van der Waals surface area contributed by atoms with Crippen LogP contribution in [-0.4, -0.2) is 15.1 Å². The summed E-state index contributed by atoms with van der Waals surface area (Å²) >= 11 is 6.07. The van der Waals surface area contributed by atoms with Gasteiger partial charge < -0.3 is 0 Å². The van der Waals surface area contributed by atoms with Gasteiger partial charge >= 0.3 is 287 Å². The molecule has 0 saturated heterocycles. The van der Waals surface area contributed by atoms with E-state index in [0.29, 0.717) is 0 Å². The standard InChI is InChI=1S/C67H118N2.Ni/c1-5-9-13-17-20-23-26-29-30-31-32-33-36-39-42-45-49-59-67(69-65-57-51-55-63(61-65)53-47-44-41-38-35-28-25-22-19-15-11-7-3)66(58-48-16-12-8-4)68-64-56-50-54-62(60-64)52-46-43-40-37-34-27-24-21-18-14-10-6-2;/h50-51,54-57,60-61H,5-49,52-53,58-59H2,1-4H3;/q;+1.